The quantitative estimate of drug-likeness (QED) is 0.631. The summed E-state index contributed by atoms with van der Waals surface area (Å²) in [7, 11) is -3.61. The van der Waals surface area contributed by atoms with E-state index in [0.29, 0.717) is 11.4 Å². The van der Waals surface area contributed by atoms with Crippen molar-refractivity contribution in [3.63, 3.8) is 0 Å². The highest BCUT2D eigenvalue weighted by molar-refractivity contribution is 7.89. The van der Waals surface area contributed by atoms with Crippen molar-refractivity contribution < 1.29 is 13.2 Å². The zero-order valence-corrected chi connectivity index (χ0v) is 11.4. The molecule has 1 aromatic rings. The van der Waals surface area contributed by atoms with Crippen molar-refractivity contribution in [1.82, 2.24) is 14.5 Å². The van der Waals surface area contributed by atoms with Gasteiger partial charge in [-0.1, -0.05) is 6.58 Å². The van der Waals surface area contributed by atoms with Gasteiger partial charge < -0.3 is 0 Å². The second-order valence-corrected chi connectivity index (χ2v) is 5.47. The van der Waals surface area contributed by atoms with Gasteiger partial charge in [-0.05, 0) is 19.7 Å². The highest BCUT2D eigenvalue weighted by Gasteiger charge is 2.17. The maximum Gasteiger partial charge on any atom is 0.268 e. The molecule has 19 heavy (non-hydrogen) atoms. The van der Waals surface area contributed by atoms with Crippen LogP contribution in [0.25, 0.3) is 5.70 Å². The van der Waals surface area contributed by atoms with Gasteiger partial charge in [0.05, 0.1) is 29.4 Å². The summed E-state index contributed by atoms with van der Waals surface area (Å²) in [4.78, 5) is 15.3. The summed E-state index contributed by atoms with van der Waals surface area (Å²) in [6.07, 6.45) is 5.20. The molecule has 0 aromatic carbocycles. The van der Waals surface area contributed by atoms with Crippen LogP contribution in [0.15, 0.2) is 30.0 Å². The first kappa shape index (κ1) is 14.8. The van der Waals surface area contributed by atoms with Crippen LogP contribution in [0.3, 0.4) is 0 Å². The Kier molecular flexibility index (Phi) is 4.38. The summed E-state index contributed by atoms with van der Waals surface area (Å²) < 4.78 is 25.3. The number of carbonyl (C=O) groups excluding carboxylic acids is 1. The fourth-order valence-corrected chi connectivity index (χ4v) is 1.78. The van der Waals surface area contributed by atoms with E-state index in [4.69, 9.17) is 0 Å². The van der Waals surface area contributed by atoms with Crippen LogP contribution in [-0.4, -0.2) is 37.1 Å². The standard InChI is InChI=1S/C11H14N4O3S/c1-5-9(6-12-3)15-7-10(8(2)13-15)11(16)14-19(4,17)18/h5-7H,1,3H2,2,4H3,(H,14,16)/b9-6+. The van der Waals surface area contributed by atoms with Gasteiger partial charge in [0.1, 0.15) is 0 Å². The molecule has 1 heterocycles. The summed E-state index contributed by atoms with van der Waals surface area (Å²) in [6, 6.07) is 0. The lowest BCUT2D eigenvalue weighted by atomic mass is 10.2. The van der Waals surface area contributed by atoms with Gasteiger partial charge in [-0.25, -0.2) is 17.8 Å². The Morgan fingerprint density at radius 2 is 2.21 bits per heavy atom. The van der Waals surface area contributed by atoms with Gasteiger partial charge in [0, 0.05) is 6.20 Å². The Hall–Kier alpha value is -2.22. The number of nitrogens with zero attached hydrogens (tertiary/aromatic N) is 3. The van der Waals surface area contributed by atoms with Crippen molar-refractivity contribution in [2.45, 2.75) is 6.92 Å². The van der Waals surface area contributed by atoms with E-state index in [9.17, 15) is 13.2 Å². The highest BCUT2D eigenvalue weighted by atomic mass is 32.2. The number of amides is 1. The van der Waals surface area contributed by atoms with Crippen molar-refractivity contribution in [1.29, 1.82) is 0 Å². The van der Waals surface area contributed by atoms with Crippen LogP contribution < -0.4 is 4.72 Å². The monoisotopic (exact) mass is 282 g/mol. The first-order valence-electron chi connectivity index (χ1n) is 5.15. The number of aromatic nitrogens is 2. The van der Waals surface area contributed by atoms with Gasteiger partial charge >= 0.3 is 0 Å². The molecule has 102 valence electrons. The summed E-state index contributed by atoms with van der Waals surface area (Å²) in [5.41, 5.74) is 1.05. The van der Waals surface area contributed by atoms with Crippen LogP contribution in [0, 0.1) is 6.92 Å². The molecule has 0 atom stereocenters. The number of aryl methyl sites for hydroxylation is 1. The number of carbonyl (C=O) groups is 1. The number of nitrogens with one attached hydrogen (secondary N) is 1. The zero-order valence-electron chi connectivity index (χ0n) is 10.6. The second kappa shape index (κ2) is 5.61. The SMILES string of the molecule is C=C/C(=C\N=C)n1cc(C(=O)NS(C)(=O)=O)c(C)n1. The molecule has 0 saturated heterocycles. The first-order valence-corrected chi connectivity index (χ1v) is 7.05. The molecule has 0 saturated carbocycles. The van der Waals surface area contributed by atoms with Crippen molar-refractivity contribution in [3.05, 3.63) is 36.3 Å². The molecule has 0 aliphatic carbocycles. The largest absolute Gasteiger partial charge is 0.270 e. The molecule has 1 amide bonds. The van der Waals surface area contributed by atoms with E-state index in [2.05, 4.69) is 23.4 Å². The van der Waals surface area contributed by atoms with Crippen molar-refractivity contribution in [2.24, 2.45) is 4.99 Å². The van der Waals surface area contributed by atoms with Gasteiger partial charge in [-0.2, -0.15) is 5.10 Å². The average Bonchev–Trinajstić information content (AvgIpc) is 2.65. The molecule has 7 nitrogen and oxygen atoms in total. The molecular weight excluding hydrogens is 268 g/mol. The third kappa shape index (κ3) is 3.88. The lowest BCUT2D eigenvalue weighted by molar-refractivity contribution is 0.0981. The van der Waals surface area contributed by atoms with E-state index >= 15 is 0 Å². The van der Waals surface area contributed by atoms with Crippen LogP contribution in [-0.2, 0) is 10.0 Å². The minimum Gasteiger partial charge on any atom is -0.270 e. The number of hydrogen-bond donors (Lipinski definition) is 1. The second-order valence-electron chi connectivity index (χ2n) is 3.72. The summed E-state index contributed by atoms with van der Waals surface area (Å²) in [5.74, 6) is -0.735. The van der Waals surface area contributed by atoms with Crippen LogP contribution in [0.5, 0.6) is 0 Å². The van der Waals surface area contributed by atoms with Gasteiger partial charge in [0.15, 0.2) is 0 Å². The van der Waals surface area contributed by atoms with Crippen LogP contribution >= 0.6 is 0 Å². The minimum atomic E-state index is -3.61. The van der Waals surface area contributed by atoms with E-state index in [1.165, 1.54) is 23.2 Å². The van der Waals surface area contributed by atoms with Crippen LogP contribution in [0.4, 0.5) is 0 Å². The molecule has 0 bridgehead atoms. The summed E-state index contributed by atoms with van der Waals surface area (Å²) >= 11 is 0. The smallest absolute Gasteiger partial charge is 0.268 e. The highest BCUT2D eigenvalue weighted by Crippen LogP contribution is 2.11. The minimum absolute atomic E-state index is 0.155. The maximum absolute atomic E-state index is 11.7. The van der Waals surface area contributed by atoms with Gasteiger partial charge in [0.25, 0.3) is 5.91 Å². The van der Waals surface area contributed by atoms with Crippen LogP contribution in [0.2, 0.25) is 0 Å². The van der Waals surface area contributed by atoms with E-state index < -0.39 is 15.9 Å². The van der Waals surface area contributed by atoms with Gasteiger partial charge in [0.2, 0.25) is 10.0 Å². The number of aliphatic imine (C=N–C) groups is 1. The molecule has 8 heteroatoms. The molecule has 1 N–H and O–H groups in total. The summed E-state index contributed by atoms with van der Waals surface area (Å²) in [5, 5.41) is 4.09. The Balaban J connectivity index is 3.16. The number of rotatable bonds is 5. The molecule has 0 aliphatic rings. The Labute approximate surface area is 111 Å². The van der Waals surface area contributed by atoms with E-state index in [0.717, 1.165) is 6.26 Å². The van der Waals surface area contributed by atoms with Gasteiger partial charge in [-0.15, -0.1) is 0 Å². The molecule has 0 unspecified atom stereocenters. The topological polar surface area (TPSA) is 93.4 Å². The summed E-state index contributed by atoms with van der Waals surface area (Å²) in [6.45, 7) is 8.49. The normalized spacial score (nSPS) is 12.0. The predicted octanol–water partition coefficient (Wildman–Crippen LogP) is 0.566. The number of hydrogen-bond acceptors (Lipinski definition) is 5. The van der Waals surface area contributed by atoms with E-state index in [1.807, 2.05) is 4.72 Å². The Morgan fingerprint density at radius 3 is 2.68 bits per heavy atom. The lowest BCUT2D eigenvalue weighted by Gasteiger charge is -2.00. The third-order valence-corrected chi connectivity index (χ3v) is 2.68. The molecule has 1 aromatic heterocycles. The lowest BCUT2D eigenvalue weighted by Crippen LogP contribution is -2.29. The molecule has 0 aliphatic heterocycles. The van der Waals surface area contributed by atoms with Crippen molar-refractivity contribution >= 4 is 28.3 Å². The molecule has 1 rings (SSSR count). The predicted molar refractivity (Wildman–Crippen MR) is 73.3 cm³/mol. The van der Waals surface area contributed by atoms with Crippen LogP contribution in [0.1, 0.15) is 16.1 Å². The Bertz CT molecular complexity index is 655. The zero-order chi connectivity index (χ0) is 14.6. The fraction of sp³-hybridized carbons (Fsp3) is 0.182. The van der Waals surface area contributed by atoms with E-state index in [-0.39, 0.29) is 5.56 Å². The first-order chi connectivity index (χ1) is 8.78. The Morgan fingerprint density at radius 1 is 1.58 bits per heavy atom. The molecule has 0 radical (unpaired) electrons. The molecular formula is C11H14N4O3S. The third-order valence-electron chi connectivity index (χ3n) is 2.12. The number of allylic oxidation sites excluding steroid dienone is 2. The molecule has 0 fully saturated rings. The molecule has 0 spiro atoms. The number of sulfonamides is 1. The van der Waals surface area contributed by atoms with Crippen molar-refractivity contribution in [2.75, 3.05) is 6.26 Å². The van der Waals surface area contributed by atoms with Crippen molar-refractivity contribution in [3.8, 4) is 0 Å². The fourth-order valence-electron chi connectivity index (χ4n) is 1.34. The van der Waals surface area contributed by atoms with E-state index in [1.54, 1.807) is 6.92 Å². The average molecular weight is 282 g/mol. The van der Waals surface area contributed by atoms with Gasteiger partial charge in [-0.3, -0.25) is 9.79 Å². The maximum atomic E-state index is 11.7.